The Labute approximate surface area is 139 Å². The van der Waals surface area contributed by atoms with E-state index in [1.54, 1.807) is 0 Å². The third-order valence-electron chi connectivity index (χ3n) is 4.56. The van der Waals surface area contributed by atoms with Gasteiger partial charge < -0.3 is 5.32 Å². The zero-order valence-electron chi connectivity index (χ0n) is 14.3. The lowest BCUT2D eigenvalue weighted by atomic mass is 10.0. The molecule has 0 aliphatic carbocycles. The number of carbonyl (C=O) groups excluding carboxylic acids is 2. The maximum absolute atomic E-state index is 12.1. The van der Waals surface area contributed by atoms with Gasteiger partial charge in [-0.25, -0.2) is 0 Å². The van der Waals surface area contributed by atoms with E-state index < -0.39 is 0 Å². The highest BCUT2D eigenvalue weighted by molar-refractivity contribution is 5.97. The van der Waals surface area contributed by atoms with Crippen LogP contribution in [0.4, 0.5) is 0 Å². The van der Waals surface area contributed by atoms with Crippen molar-refractivity contribution in [2.24, 2.45) is 0 Å². The normalized spacial score (nSPS) is 16.8. The van der Waals surface area contributed by atoms with E-state index >= 15 is 0 Å². The van der Waals surface area contributed by atoms with Crippen LogP contribution in [0.1, 0.15) is 54.9 Å². The van der Waals surface area contributed by atoms with Crippen LogP contribution in [-0.2, 0) is 4.79 Å². The molecule has 0 aromatic heterocycles. The van der Waals surface area contributed by atoms with Gasteiger partial charge in [0.1, 0.15) is 0 Å². The first kappa shape index (κ1) is 17.7. The highest BCUT2D eigenvalue weighted by atomic mass is 16.2. The average Bonchev–Trinajstić information content (AvgIpc) is 2.59. The van der Waals surface area contributed by atoms with Crippen molar-refractivity contribution in [2.75, 3.05) is 19.6 Å². The number of ketones is 1. The van der Waals surface area contributed by atoms with Crippen LogP contribution in [0.2, 0.25) is 0 Å². The van der Waals surface area contributed by atoms with Gasteiger partial charge in [0, 0.05) is 31.0 Å². The molecule has 1 atom stereocenters. The Bertz CT molecular complexity index is 519. The second kappa shape index (κ2) is 8.82. The molecule has 23 heavy (non-hydrogen) atoms. The standard InChI is InChI=1S/C19H28N2O2/c1-15-6-8-17(9-7-15)18(22)10-11-19(23)20-14-16(2)21-12-4-3-5-13-21/h6-9,16H,3-5,10-14H2,1-2H3,(H,20,23). The minimum atomic E-state index is -0.0330. The van der Waals surface area contributed by atoms with Crippen molar-refractivity contribution in [3.63, 3.8) is 0 Å². The third-order valence-corrected chi connectivity index (χ3v) is 4.56. The second-order valence-corrected chi connectivity index (χ2v) is 6.54. The fraction of sp³-hybridized carbons (Fsp3) is 0.579. The van der Waals surface area contributed by atoms with Crippen molar-refractivity contribution in [2.45, 2.75) is 52.0 Å². The number of Topliss-reactive ketones (excluding diaryl/α,β-unsaturated/α-hetero) is 1. The molecule has 1 saturated heterocycles. The summed E-state index contributed by atoms with van der Waals surface area (Å²) in [6.07, 6.45) is 4.36. The number of nitrogens with zero attached hydrogens (tertiary/aromatic N) is 1. The van der Waals surface area contributed by atoms with Crippen LogP contribution in [0.5, 0.6) is 0 Å². The van der Waals surface area contributed by atoms with E-state index in [0.29, 0.717) is 18.2 Å². The Morgan fingerprint density at radius 3 is 2.39 bits per heavy atom. The second-order valence-electron chi connectivity index (χ2n) is 6.54. The summed E-state index contributed by atoms with van der Waals surface area (Å²) in [5.74, 6) is -0.00134. The summed E-state index contributed by atoms with van der Waals surface area (Å²) < 4.78 is 0. The molecule has 1 amide bonds. The number of nitrogens with one attached hydrogen (secondary N) is 1. The summed E-state index contributed by atoms with van der Waals surface area (Å²) in [5.41, 5.74) is 1.82. The zero-order chi connectivity index (χ0) is 16.7. The van der Waals surface area contributed by atoms with Crippen LogP contribution in [0.15, 0.2) is 24.3 Å². The molecule has 1 heterocycles. The van der Waals surface area contributed by atoms with Crippen molar-refractivity contribution < 1.29 is 9.59 Å². The molecule has 126 valence electrons. The number of carbonyl (C=O) groups is 2. The molecule has 4 nitrogen and oxygen atoms in total. The fourth-order valence-electron chi connectivity index (χ4n) is 2.95. The van der Waals surface area contributed by atoms with Gasteiger partial charge in [0.15, 0.2) is 5.78 Å². The lowest BCUT2D eigenvalue weighted by molar-refractivity contribution is -0.121. The van der Waals surface area contributed by atoms with Gasteiger partial charge in [-0.2, -0.15) is 0 Å². The molecule has 0 spiro atoms. The van der Waals surface area contributed by atoms with E-state index in [1.165, 1.54) is 19.3 Å². The predicted molar refractivity (Wildman–Crippen MR) is 92.6 cm³/mol. The van der Waals surface area contributed by atoms with Crippen LogP contribution < -0.4 is 5.32 Å². The number of hydrogen-bond donors (Lipinski definition) is 1. The quantitative estimate of drug-likeness (QED) is 0.787. The number of piperidine rings is 1. The van der Waals surface area contributed by atoms with Crippen LogP contribution in [-0.4, -0.2) is 42.3 Å². The summed E-state index contributed by atoms with van der Waals surface area (Å²) in [4.78, 5) is 26.4. The lowest BCUT2D eigenvalue weighted by Gasteiger charge is -2.32. The van der Waals surface area contributed by atoms with E-state index in [9.17, 15) is 9.59 Å². The molecular formula is C19H28N2O2. The van der Waals surface area contributed by atoms with Gasteiger partial charge in [-0.3, -0.25) is 14.5 Å². The molecule has 2 rings (SSSR count). The Morgan fingerprint density at radius 1 is 1.09 bits per heavy atom. The van der Waals surface area contributed by atoms with Gasteiger partial charge in [-0.1, -0.05) is 36.2 Å². The molecule has 1 aliphatic rings. The Morgan fingerprint density at radius 2 is 1.74 bits per heavy atom. The number of aryl methyl sites for hydroxylation is 1. The molecule has 1 aromatic carbocycles. The number of likely N-dealkylation sites (tertiary alicyclic amines) is 1. The SMILES string of the molecule is Cc1ccc(C(=O)CCC(=O)NCC(C)N2CCCCC2)cc1. The molecule has 0 radical (unpaired) electrons. The predicted octanol–water partition coefficient (Wildman–Crippen LogP) is 2.95. The molecule has 1 aromatic rings. The summed E-state index contributed by atoms with van der Waals surface area (Å²) >= 11 is 0. The van der Waals surface area contributed by atoms with Crippen LogP contribution in [0.3, 0.4) is 0 Å². The van der Waals surface area contributed by atoms with Gasteiger partial charge >= 0.3 is 0 Å². The highest BCUT2D eigenvalue weighted by Gasteiger charge is 2.17. The monoisotopic (exact) mass is 316 g/mol. The molecule has 1 fully saturated rings. The summed E-state index contributed by atoms with van der Waals surface area (Å²) in [6.45, 7) is 7.07. The molecule has 1 N–H and O–H groups in total. The zero-order valence-corrected chi connectivity index (χ0v) is 14.3. The molecule has 1 unspecified atom stereocenters. The molecule has 4 heteroatoms. The number of hydrogen-bond acceptors (Lipinski definition) is 3. The lowest BCUT2D eigenvalue weighted by Crippen LogP contribution is -2.44. The van der Waals surface area contributed by atoms with Gasteiger partial charge in [0.2, 0.25) is 5.91 Å². The maximum atomic E-state index is 12.1. The van der Waals surface area contributed by atoms with Crippen molar-refractivity contribution in [1.82, 2.24) is 10.2 Å². The third kappa shape index (κ3) is 5.79. The van der Waals surface area contributed by atoms with Gasteiger partial charge in [-0.15, -0.1) is 0 Å². The first-order chi connectivity index (χ1) is 11.1. The van der Waals surface area contributed by atoms with Crippen LogP contribution in [0, 0.1) is 6.92 Å². The molecule has 1 aliphatic heterocycles. The summed E-state index contributed by atoms with van der Waals surface area (Å²) in [5, 5.41) is 2.96. The average molecular weight is 316 g/mol. The van der Waals surface area contributed by atoms with Crippen molar-refractivity contribution in [3.8, 4) is 0 Å². The number of amides is 1. The van der Waals surface area contributed by atoms with E-state index in [0.717, 1.165) is 18.7 Å². The number of rotatable bonds is 7. The Hall–Kier alpha value is -1.68. The molecular weight excluding hydrogens is 288 g/mol. The van der Waals surface area contributed by atoms with Gasteiger partial charge in [0.25, 0.3) is 0 Å². The summed E-state index contributed by atoms with van der Waals surface area (Å²) in [7, 11) is 0. The van der Waals surface area contributed by atoms with E-state index in [1.807, 2.05) is 31.2 Å². The van der Waals surface area contributed by atoms with Crippen LogP contribution >= 0.6 is 0 Å². The minimum absolute atomic E-state index is 0.0317. The smallest absolute Gasteiger partial charge is 0.220 e. The number of benzene rings is 1. The first-order valence-electron chi connectivity index (χ1n) is 8.67. The van der Waals surface area contributed by atoms with E-state index in [-0.39, 0.29) is 24.5 Å². The Balaban J connectivity index is 1.68. The van der Waals surface area contributed by atoms with E-state index in [4.69, 9.17) is 0 Å². The maximum Gasteiger partial charge on any atom is 0.220 e. The summed E-state index contributed by atoms with van der Waals surface area (Å²) in [6, 6.07) is 7.87. The van der Waals surface area contributed by atoms with E-state index in [2.05, 4.69) is 17.1 Å². The van der Waals surface area contributed by atoms with Crippen molar-refractivity contribution in [3.05, 3.63) is 35.4 Å². The molecule has 0 bridgehead atoms. The topological polar surface area (TPSA) is 49.4 Å². The first-order valence-corrected chi connectivity index (χ1v) is 8.67. The largest absolute Gasteiger partial charge is 0.355 e. The van der Waals surface area contributed by atoms with Crippen LogP contribution in [0.25, 0.3) is 0 Å². The van der Waals surface area contributed by atoms with Crippen molar-refractivity contribution in [1.29, 1.82) is 0 Å². The Kier molecular flexibility index (Phi) is 6.78. The van der Waals surface area contributed by atoms with Gasteiger partial charge in [-0.05, 0) is 39.8 Å². The molecule has 0 saturated carbocycles. The van der Waals surface area contributed by atoms with Crippen molar-refractivity contribution >= 4 is 11.7 Å². The minimum Gasteiger partial charge on any atom is -0.355 e. The highest BCUT2D eigenvalue weighted by Crippen LogP contribution is 2.11. The van der Waals surface area contributed by atoms with Gasteiger partial charge in [0.05, 0.1) is 0 Å². The fourth-order valence-corrected chi connectivity index (χ4v) is 2.95.